The zero-order valence-electron chi connectivity index (χ0n) is 12.5. The third-order valence-corrected chi connectivity index (χ3v) is 4.51. The van der Waals surface area contributed by atoms with Crippen LogP contribution in [0.3, 0.4) is 0 Å². The van der Waals surface area contributed by atoms with E-state index in [1.165, 1.54) is 42.9 Å². The second-order valence-electron chi connectivity index (χ2n) is 6.16. The Morgan fingerprint density at radius 1 is 1.00 bits per heavy atom. The summed E-state index contributed by atoms with van der Waals surface area (Å²) in [6.45, 7) is 1.19. The average molecular weight is 284 g/mol. The topological polar surface area (TPSA) is 29.5 Å². The lowest BCUT2D eigenvalue weighted by molar-refractivity contribution is 0.0147. The van der Waals surface area contributed by atoms with E-state index in [1.807, 2.05) is 18.2 Å². The fraction of sp³-hybridized carbons (Fsp3) is 0.474. The van der Waals surface area contributed by atoms with Gasteiger partial charge in [-0.25, -0.2) is 0 Å². The van der Waals surface area contributed by atoms with E-state index in [2.05, 4.69) is 24.3 Å². The van der Waals surface area contributed by atoms with Crippen LogP contribution in [0.4, 0.5) is 0 Å². The number of hydrogen-bond donors (Lipinski definition) is 1. The maximum absolute atomic E-state index is 10.3. The Bertz CT molecular complexity index is 573. The van der Waals surface area contributed by atoms with Crippen molar-refractivity contribution in [2.45, 2.75) is 38.2 Å². The first-order chi connectivity index (χ1) is 10.3. The summed E-state index contributed by atoms with van der Waals surface area (Å²) in [5.74, 6) is 0.697. The Balaban J connectivity index is 1.54. The molecule has 1 fully saturated rings. The van der Waals surface area contributed by atoms with E-state index in [0.29, 0.717) is 12.5 Å². The molecule has 1 atom stereocenters. The first kappa shape index (κ1) is 14.6. The van der Waals surface area contributed by atoms with Crippen LogP contribution in [0.15, 0.2) is 42.5 Å². The number of aliphatic hydroxyl groups excluding tert-OH is 1. The van der Waals surface area contributed by atoms with E-state index in [-0.39, 0.29) is 0 Å². The van der Waals surface area contributed by atoms with Gasteiger partial charge in [-0.05, 0) is 41.2 Å². The first-order valence-corrected chi connectivity index (χ1v) is 8.07. The monoisotopic (exact) mass is 284 g/mol. The second-order valence-corrected chi connectivity index (χ2v) is 6.16. The van der Waals surface area contributed by atoms with Crippen LogP contribution < -0.4 is 0 Å². The standard InChI is InChI=1S/C19H24O2/c20-19(14-21-13-15-6-2-1-3-7-15)18-11-10-16-8-4-5-9-17(16)12-18/h4-5,8-12,15,19-20H,1-3,6-7,13-14H2. The minimum atomic E-state index is -0.529. The molecule has 1 aliphatic rings. The van der Waals surface area contributed by atoms with E-state index in [4.69, 9.17) is 4.74 Å². The third kappa shape index (κ3) is 3.84. The van der Waals surface area contributed by atoms with Gasteiger partial charge < -0.3 is 9.84 Å². The minimum absolute atomic E-state index is 0.398. The molecule has 3 rings (SSSR count). The van der Waals surface area contributed by atoms with E-state index in [9.17, 15) is 5.11 Å². The van der Waals surface area contributed by atoms with Crippen molar-refractivity contribution >= 4 is 10.8 Å². The van der Waals surface area contributed by atoms with Gasteiger partial charge in [0.15, 0.2) is 0 Å². The lowest BCUT2D eigenvalue weighted by Gasteiger charge is -2.22. The number of aliphatic hydroxyl groups is 1. The van der Waals surface area contributed by atoms with Gasteiger partial charge in [-0.15, -0.1) is 0 Å². The quantitative estimate of drug-likeness (QED) is 0.877. The molecule has 0 heterocycles. The Labute approximate surface area is 126 Å². The third-order valence-electron chi connectivity index (χ3n) is 4.51. The molecule has 0 radical (unpaired) electrons. The molecular weight excluding hydrogens is 260 g/mol. The highest BCUT2D eigenvalue weighted by Gasteiger charge is 2.15. The fourth-order valence-corrected chi connectivity index (χ4v) is 3.21. The predicted molar refractivity (Wildman–Crippen MR) is 86.3 cm³/mol. The van der Waals surface area contributed by atoms with Gasteiger partial charge >= 0.3 is 0 Å². The number of benzene rings is 2. The van der Waals surface area contributed by atoms with Crippen molar-refractivity contribution in [3.8, 4) is 0 Å². The molecule has 112 valence electrons. The van der Waals surface area contributed by atoms with Crippen molar-refractivity contribution < 1.29 is 9.84 Å². The average Bonchev–Trinajstić information content (AvgIpc) is 2.55. The molecule has 1 N–H and O–H groups in total. The minimum Gasteiger partial charge on any atom is -0.386 e. The van der Waals surface area contributed by atoms with Crippen LogP contribution in [0.2, 0.25) is 0 Å². The Kier molecular flexibility index (Phi) is 4.89. The maximum Gasteiger partial charge on any atom is 0.102 e. The van der Waals surface area contributed by atoms with Gasteiger partial charge in [-0.3, -0.25) is 0 Å². The smallest absolute Gasteiger partial charge is 0.102 e. The summed E-state index contributed by atoms with van der Waals surface area (Å²) in [4.78, 5) is 0. The summed E-state index contributed by atoms with van der Waals surface area (Å²) in [5.41, 5.74) is 0.942. The number of rotatable bonds is 5. The predicted octanol–water partition coefficient (Wildman–Crippen LogP) is 4.47. The van der Waals surface area contributed by atoms with Crippen molar-refractivity contribution in [3.05, 3.63) is 48.0 Å². The highest BCUT2D eigenvalue weighted by Crippen LogP contribution is 2.25. The summed E-state index contributed by atoms with van der Waals surface area (Å²) < 4.78 is 5.75. The molecule has 0 spiro atoms. The van der Waals surface area contributed by atoms with Gasteiger partial charge in [-0.2, -0.15) is 0 Å². The van der Waals surface area contributed by atoms with E-state index < -0.39 is 6.10 Å². The summed E-state index contributed by atoms with van der Waals surface area (Å²) in [7, 11) is 0. The molecule has 2 heteroatoms. The molecule has 1 unspecified atom stereocenters. The molecule has 1 saturated carbocycles. The summed E-state index contributed by atoms with van der Waals surface area (Å²) in [5, 5.41) is 12.7. The molecule has 0 bridgehead atoms. The van der Waals surface area contributed by atoms with Crippen molar-refractivity contribution in [2.24, 2.45) is 5.92 Å². The SMILES string of the molecule is OC(COCC1CCCCC1)c1ccc2ccccc2c1. The van der Waals surface area contributed by atoms with Crippen LogP contribution in [0, 0.1) is 5.92 Å². The first-order valence-electron chi connectivity index (χ1n) is 8.07. The van der Waals surface area contributed by atoms with Gasteiger partial charge in [0.2, 0.25) is 0 Å². The molecule has 1 aliphatic carbocycles. The lowest BCUT2D eigenvalue weighted by atomic mass is 9.90. The summed E-state index contributed by atoms with van der Waals surface area (Å²) >= 11 is 0. The zero-order chi connectivity index (χ0) is 14.5. The molecule has 0 amide bonds. The highest BCUT2D eigenvalue weighted by molar-refractivity contribution is 5.83. The summed E-state index contributed by atoms with van der Waals surface area (Å²) in [6, 6.07) is 14.3. The van der Waals surface area contributed by atoms with Crippen LogP contribution >= 0.6 is 0 Å². The highest BCUT2D eigenvalue weighted by atomic mass is 16.5. The van der Waals surface area contributed by atoms with Gasteiger partial charge in [-0.1, -0.05) is 55.7 Å². The van der Waals surface area contributed by atoms with Crippen molar-refractivity contribution in [2.75, 3.05) is 13.2 Å². The molecule has 2 aromatic rings. The molecular formula is C19H24O2. The number of hydrogen-bond acceptors (Lipinski definition) is 2. The molecule has 0 aliphatic heterocycles. The Morgan fingerprint density at radius 2 is 1.76 bits per heavy atom. The van der Waals surface area contributed by atoms with Gasteiger partial charge in [0, 0.05) is 6.61 Å². The normalized spacial score (nSPS) is 18.0. The lowest BCUT2D eigenvalue weighted by Crippen LogP contribution is -2.16. The van der Waals surface area contributed by atoms with Gasteiger partial charge in [0.05, 0.1) is 6.61 Å². The van der Waals surface area contributed by atoms with Crippen molar-refractivity contribution in [1.29, 1.82) is 0 Å². The van der Waals surface area contributed by atoms with Crippen LogP contribution in [0.25, 0.3) is 10.8 Å². The Morgan fingerprint density at radius 3 is 2.57 bits per heavy atom. The second kappa shape index (κ2) is 7.06. The number of ether oxygens (including phenoxy) is 1. The van der Waals surface area contributed by atoms with Crippen LogP contribution in [0.5, 0.6) is 0 Å². The van der Waals surface area contributed by atoms with Crippen molar-refractivity contribution in [1.82, 2.24) is 0 Å². The maximum atomic E-state index is 10.3. The van der Waals surface area contributed by atoms with Crippen LogP contribution in [0.1, 0.15) is 43.8 Å². The molecule has 0 aromatic heterocycles. The molecule has 2 aromatic carbocycles. The van der Waals surface area contributed by atoms with E-state index in [1.54, 1.807) is 0 Å². The molecule has 0 saturated heterocycles. The van der Waals surface area contributed by atoms with Crippen LogP contribution in [-0.4, -0.2) is 18.3 Å². The fourth-order valence-electron chi connectivity index (χ4n) is 3.21. The van der Waals surface area contributed by atoms with Crippen LogP contribution in [-0.2, 0) is 4.74 Å². The van der Waals surface area contributed by atoms with E-state index >= 15 is 0 Å². The Hall–Kier alpha value is -1.38. The zero-order valence-corrected chi connectivity index (χ0v) is 12.5. The van der Waals surface area contributed by atoms with E-state index in [0.717, 1.165) is 12.2 Å². The molecule has 2 nitrogen and oxygen atoms in total. The summed E-state index contributed by atoms with van der Waals surface area (Å²) in [6.07, 6.45) is 6.08. The van der Waals surface area contributed by atoms with Gasteiger partial charge in [0.1, 0.15) is 6.10 Å². The van der Waals surface area contributed by atoms with Crippen molar-refractivity contribution in [3.63, 3.8) is 0 Å². The number of fused-ring (bicyclic) bond motifs is 1. The van der Waals surface area contributed by atoms with Gasteiger partial charge in [0.25, 0.3) is 0 Å². The molecule has 21 heavy (non-hydrogen) atoms. The largest absolute Gasteiger partial charge is 0.386 e.